The highest BCUT2D eigenvalue weighted by atomic mass is 35.5. The number of carbonyl (C=O) groups excluding carboxylic acids is 1. The Balaban J connectivity index is 1.34. The van der Waals surface area contributed by atoms with Crippen LogP contribution in [0.1, 0.15) is 5.56 Å². The molecule has 4 aromatic rings. The van der Waals surface area contributed by atoms with Crippen molar-refractivity contribution >= 4 is 68.9 Å². The molecular formula is C27H22ClN3O2S2. The number of aromatic nitrogens is 1. The second-order valence-electron chi connectivity index (χ2n) is 7.78. The van der Waals surface area contributed by atoms with E-state index in [9.17, 15) is 4.79 Å². The number of amidine groups is 1. The normalized spacial score (nSPS) is 15.8. The lowest BCUT2D eigenvalue weighted by Gasteiger charge is -2.05. The van der Waals surface area contributed by atoms with Crippen LogP contribution in [0.4, 0.5) is 5.69 Å². The van der Waals surface area contributed by atoms with Crippen molar-refractivity contribution in [3.8, 4) is 5.75 Å². The van der Waals surface area contributed by atoms with Crippen molar-refractivity contribution < 1.29 is 9.53 Å². The van der Waals surface area contributed by atoms with E-state index in [1.54, 1.807) is 18.9 Å². The number of nitrogens with one attached hydrogen (secondary N) is 1. The molecule has 1 aromatic heterocycles. The number of carbonyl (C=O) groups is 1. The van der Waals surface area contributed by atoms with Crippen molar-refractivity contribution in [2.24, 2.45) is 4.99 Å². The van der Waals surface area contributed by atoms with E-state index in [2.05, 4.69) is 33.2 Å². The van der Waals surface area contributed by atoms with Crippen LogP contribution in [0.15, 0.2) is 93.8 Å². The fourth-order valence-corrected chi connectivity index (χ4v) is 5.57. The predicted octanol–water partition coefficient (Wildman–Crippen LogP) is 6.99. The molecule has 5 rings (SSSR count). The van der Waals surface area contributed by atoms with Gasteiger partial charge in [0, 0.05) is 44.9 Å². The van der Waals surface area contributed by atoms with Crippen molar-refractivity contribution in [3.63, 3.8) is 0 Å². The van der Waals surface area contributed by atoms with Gasteiger partial charge in [0.15, 0.2) is 5.17 Å². The van der Waals surface area contributed by atoms with Gasteiger partial charge >= 0.3 is 0 Å². The number of thioether (sulfide) groups is 2. The molecule has 1 N–H and O–H groups in total. The summed E-state index contributed by atoms with van der Waals surface area (Å²) in [5.41, 5.74) is 2.91. The first kappa shape index (κ1) is 23.6. The molecule has 1 aliphatic rings. The van der Waals surface area contributed by atoms with E-state index in [0.717, 1.165) is 45.2 Å². The molecule has 0 spiro atoms. The molecule has 0 bridgehead atoms. The zero-order valence-electron chi connectivity index (χ0n) is 18.9. The molecule has 1 fully saturated rings. The summed E-state index contributed by atoms with van der Waals surface area (Å²) in [6.45, 7) is 0.848. The highest BCUT2D eigenvalue weighted by molar-refractivity contribution is 8.18. The van der Waals surface area contributed by atoms with Crippen LogP contribution in [0, 0.1) is 0 Å². The van der Waals surface area contributed by atoms with E-state index in [1.165, 1.54) is 16.7 Å². The van der Waals surface area contributed by atoms with Gasteiger partial charge in [0.25, 0.3) is 5.91 Å². The van der Waals surface area contributed by atoms with Crippen molar-refractivity contribution in [1.82, 2.24) is 9.88 Å². The third-order valence-electron chi connectivity index (χ3n) is 5.47. The number of fused-ring (bicyclic) bond motifs is 1. The molecule has 1 amide bonds. The largest absolute Gasteiger partial charge is 0.497 e. The highest BCUT2D eigenvalue weighted by Gasteiger charge is 2.24. The average molecular weight is 520 g/mol. The van der Waals surface area contributed by atoms with Crippen molar-refractivity contribution in [1.29, 1.82) is 0 Å². The Hall–Kier alpha value is -3.13. The number of aryl methyl sites for hydroxylation is 1. The van der Waals surface area contributed by atoms with Crippen LogP contribution in [-0.4, -0.2) is 28.5 Å². The Morgan fingerprint density at radius 2 is 1.86 bits per heavy atom. The fraction of sp³-hybridized carbons (Fsp3) is 0.111. The third-order valence-corrected chi connectivity index (χ3v) is 7.63. The molecular weight excluding hydrogens is 498 g/mol. The zero-order chi connectivity index (χ0) is 24.2. The first-order chi connectivity index (χ1) is 17.1. The maximum absolute atomic E-state index is 12.7. The fourth-order valence-electron chi connectivity index (χ4n) is 3.76. The third kappa shape index (κ3) is 5.59. The van der Waals surface area contributed by atoms with Crippen molar-refractivity contribution in [2.45, 2.75) is 11.4 Å². The van der Waals surface area contributed by atoms with Gasteiger partial charge in [0.05, 0.1) is 17.7 Å². The Morgan fingerprint density at radius 1 is 1.09 bits per heavy atom. The maximum Gasteiger partial charge on any atom is 0.264 e. The second-order valence-corrected chi connectivity index (χ2v) is 10.4. The molecule has 1 saturated heterocycles. The van der Waals surface area contributed by atoms with Gasteiger partial charge in [-0.25, -0.2) is 4.99 Å². The molecule has 0 aliphatic carbocycles. The minimum atomic E-state index is -0.141. The molecule has 176 valence electrons. The topological polar surface area (TPSA) is 55.6 Å². The predicted molar refractivity (Wildman–Crippen MR) is 148 cm³/mol. The minimum Gasteiger partial charge on any atom is -0.497 e. The molecule has 8 heteroatoms. The van der Waals surface area contributed by atoms with Gasteiger partial charge in [-0.05, 0) is 72.4 Å². The lowest BCUT2D eigenvalue weighted by molar-refractivity contribution is -0.115. The molecule has 0 atom stereocenters. The highest BCUT2D eigenvalue weighted by Crippen LogP contribution is 2.32. The van der Waals surface area contributed by atoms with Crippen LogP contribution in [0.25, 0.3) is 17.0 Å². The lowest BCUT2D eigenvalue weighted by Crippen LogP contribution is -2.19. The summed E-state index contributed by atoms with van der Waals surface area (Å²) < 4.78 is 7.43. The number of halogens is 1. The van der Waals surface area contributed by atoms with E-state index in [0.29, 0.717) is 10.1 Å². The van der Waals surface area contributed by atoms with Crippen molar-refractivity contribution in [2.75, 3.05) is 12.9 Å². The molecule has 1 aliphatic heterocycles. The van der Waals surface area contributed by atoms with Gasteiger partial charge in [0.2, 0.25) is 0 Å². The number of rotatable bonds is 7. The van der Waals surface area contributed by atoms with Gasteiger partial charge in [0.1, 0.15) is 5.75 Å². The quantitative estimate of drug-likeness (QED) is 0.211. The number of benzene rings is 3. The summed E-state index contributed by atoms with van der Waals surface area (Å²) in [6.07, 6.45) is 4.06. The van der Waals surface area contributed by atoms with E-state index in [4.69, 9.17) is 16.3 Å². The zero-order valence-corrected chi connectivity index (χ0v) is 21.3. The van der Waals surface area contributed by atoms with Crippen LogP contribution < -0.4 is 10.1 Å². The van der Waals surface area contributed by atoms with E-state index >= 15 is 0 Å². The monoisotopic (exact) mass is 519 g/mol. The summed E-state index contributed by atoms with van der Waals surface area (Å²) in [6, 6.07) is 23.6. The van der Waals surface area contributed by atoms with Crippen LogP contribution in [0.2, 0.25) is 5.02 Å². The lowest BCUT2D eigenvalue weighted by atomic mass is 10.1. The Kier molecular flexibility index (Phi) is 7.18. The Bertz CT molecular complexity index is 1430. The van der Waals surface area contributed by atoms with Crippen LogP contribution in [0.5, 0.6) is 5.75 Å². The number of aliphatic imine (C=N–C) groups is 1. The Morgan fingerprint density at radius 3 is 2.63 bits per heavy atom. The molecule has 0 radical (unpaired) electrons. The maximum atomic E-state index is 12.7. The number of para-hydroxylation sites is 1. The molecule has 0 saturated carbocycles. The molecule has 5 nitrogen and oxygen atoms in total. The number of methoxy groups -OCH3 is 1. The van der Waals surface area contributed by atoms with Crippen LogP contribution >= 0.6 is 35.1 Å². The molecule has 3 aromatic carbocycles. The van der Waals surface area contributed by atoms with Gasteiger partial charge in [-0.15, -0.1) is 11.8 Å². The first-order valence-corrected chi connectivity index (χ1v) is 13.2. The summed E-state index contributed by atoms with van der Waals surface area (Å²) in [5.74, 6) is 1.54. The summed E-state index contributed by atoms with van der Waals surface area (Å²) >= 11 is 9.13. The number of amides is 1. The van der Waals surface area contributed by atoms with Crippen molar-refractivity contribution in [3.05, 3.63) is 94.5 Å². The van der Waals surface area contributed by atoms with Crippen LogP contribution in [-0.2, 0) is 11.3 Å². The number of hydrogen-bond donors (Lipinski definition) is 1. The number of ether oxygens (including phenoxy) is 1. The van der Waals surface area contributed by atoms with Gasteiger partial charge < -0.3 is 14.6 Å². The van der Waals surface area contributed by atoms with Gasteiger partial charge in [-0.3, -0.25) is 4.79 Å². The van der Waals surface area contributed by atoms with Gasteiger partial charge in [-0.2, -0.15) is 0 Å². The number of nitrogens with zero attached hydrogens (tertiary/aromatic N) is 2. The SMILES string of the molecule is COc1ccc(N=C2NC(=O)/C(=C/c3cn(CCSc4ccc(Cl)cc4)c4ccccc34)S2)cc1. The molecule has 0 unspecified atom stereocenters. The summed E-state index contributed by atoms with van der Waals surface area (Å²) in [7, 11) is 1.63. The standard InChI is InChI=1S/C27H22ClN3O2S2/c1-33-21-10-8-20(9-11-21)29-27-30-26(32)25(35-27)16-18-17-31(24-5-3-2-4-23(18)24)14-15-34-22-12-6-19(28)7-13-22/h2-13,16-17H,14-15H2,1H3,(H,29,30,32)/b25-16-. The smallest absolute Gasteiger partial charge is 0.264 e. The van der Waals surface area contributed by atoms with E-state index < -0.39 is 0 Å². The molecule has 35 heavy (non-hydrogen) atoms. The number of hydrogen-bond acceptors (Lipinski definition) is 5. The summed E-state index contributed by atoms with van der Waals surface area (Å²) in [4.78, 5) is 19.0. The minimum absolute atomic E-state index is 0.141. The second kappa shape index (κ2) is 10.6. The average Bonchev–Trinajstić information content (AvgIpc) is 3.40. The molecule has 2 heterocycles. The Labute approximate surface area is 217 Å². The van der Waals surface area contributed by atoms with Crippen LogP contribution in [0.3, 0.4) is 0 Å². The van der Waals surface area contributed by atoms with Gasteiger partial charge in [-0.1, -0.05) is 29.8 Å². The van der Waals surface area contributed by atoms with E-state index in [1.807, 2.05) is 66.7 Å². The van der Waals surface area contributed by atoms with E-state index in [-0.39, 0.29) is 5.91 Å². The first-order valence-electron chi connectivity index (χ1n) is 11.0. The summed E-state index contributed by atoms with van der Waals surface area (Å²) in [5, 5.41) is 5.29.